The summed E-state index contributed by atoms with van der Waals surface area (Å²) in [7, 11) is 0. The van der Waals surface area contributed by atoms with Gasteiger partial charge in [-0.05, 0) is 26.0 Å². The maximum absolute atomic E-state index is 6.49. The average Bonchev–Trinajstić information content (AvgIpc) is 3.30. The van der Waals surface area contributed by atoms with Crippen LogP contribution in [0.4, 0.5) is 5.69 Å². The molecule has 0 radical (unpaired) electrons. The number of hydrogen-bond donors (Lipinski definition) is 0. The Hall–Kier alpha value is -2.87. The number of rotatable bonds is 8. The van der Waals surface area contributed by atoms with E-state index < -0.39 is 0 Å². The van der Waals surface area contributed by atoms with Crippen LogP contribution < -0.4 is 9.64 Å². The van der Waals surface area contributed by atoms with Gasteiger partial charge in [0.25, 0.3) is 0 Å². The van der Waals surface area contributed by atoms with E-state index in [4.69, 9.17) is 21.3 Å². The van der Waals surface area contributed by atoms with Crippen LogP contribution in [0.5, 0.6) is 5.75 Å². The first-order chi connectivity index (χ1) is 15.6. The molecule has 0 atom stereocenters. The molecule has 4 rings (SSSR count). The Balaban J connectivity index is 1.69. The highest BCUT2D eigenvalue weighted by Crippen LogP contribution is 2.36. The summed E-state index contributed by atoms with van der Waals surface area (Å²) in [5, 5.41) is 3.48. The number of halogens is 1. The Bertz CT molecular complexity index is 1270. The van der Waals surface area contributed by atoms with Crippen molar-refractivity contribution in [2.75, 3.05) is 4.90 Å². The number of para-hydroxylation sites is 1. The molecular formula is C24H21ClN4OS2. The summed E-state index contributed by atoms with van der Waals surface area (Å²) in [5.74, 6) is 0.690. The third kappa shape index (κ3) is 4.80. The standard InChI is InChI=1S/C24H21ClN4OS2/c1-4-10-29(5-2)20-12-16(3)28-23-17(20)7-6-8-21(23)30-15-18-19(25)13-26-14-22(18)32-24-27-9-11-31-24/h4-14H,2,15H2,1,3H3/b10-4-. The minimum absolute atomic E-state index is 0.291. The van der Waals surface area contributed by atoms with Crippen LogP contribution in [0.2, 0.25) is 5.02 Å². The Morgan fingerprint density at radius 3 is 2.94 bits per heavy atom. The van der Waals surface area contributed by atoms with E-state index >= 15 is 0 Å². The van der Waals surface area contributed by atoms with Crippen molar-refractivity contribution in [1.29, 1.82) is 0 Å². The van der Waals surface area contributed by atoms with Crippen LogP contribution in [0.1, 0.15) is 18.2 Å². The van der Waals surface area contributed by atoms with E-state index in [1.165, 1.54) is 11.8 Å². The number of anilines is 1. The van der Waals surface area contributed by atoms with Crippen LogP contribution in [0.25, 0.3) is 10.9 Å². The first-order valence-corrected chi connectivity index (χ1v) is 11.9. The Morgan fingerprint density at radius 1 is 1.31 bits per heavy atom. The van der Waals surface area contributed by atoms with Gasteiger partial charge in [0.05, 0.1) is 10.7 Å². The van der Waals surface area contributed by atoms with Crippen LogP contribution in [0.3, 0.4) is 0 Å². The third-order valence-corrected chi connectivity index (χ3v) is 6.92. The van der Waals surface area contributed by atoms with Crippen LogP contribution >= 0.6 is 34.7 Å². The summed E-state index contributed by atoms with van der Waals surface area (Å²) in [6.07, 6.45) is 10.9. The Morgan fingerprint density at radius 2 is 2.19 bits per heavy atom. The van der Waals surface area contributed by atoms with E-state index in [1.807, 2.05) is 60.7 Å². The fourth-order valence-electron chi connectivity index (χ4n) is 3.24. The van der Waals surface area contributed by atoms with E-state index in [0.29, 0.717) is 17.4 Å². The summed E-state index contributed by atoms with van der Waals surface area (Å²) < 4.78 is 7.19. The van der Waals surface area contributed by atoms with Crippen molar-refractivity contribution in [2.24, 2.45) is 0 Å². The van der Waals surface area contributed by atoms with E-state index in [0.717, 1.165) is 37.1 Å². The minimum Gasteiger partial charge on any atom is -0.487 e. The zero-order valence-corrected chi connectivity index (χ0v) is 20.0. The molecular weight excluding hydrogens is 460 g/mol. The van der Waals surface area contributed by atoms with E-state index in [-0.39, 0.29) is 0 Å². The highest BCUT2D eigenvalue weighted by molar-refractivity contribution is 8.01. The SMILES string of the molecule is C=CN(/C=C\C)c1cc(C)nc2c(OCc3c(Cl)cncc3Sc3nccs3)cccc12. The summed E-state index contributed by atoms with van der Waals surface area (Å²) in [6, 6.07) is 7.97. The minimum atomic E-state index is 0.291. The number of aryl methyl sites for hydroxylation is 1. The number of fused-ring (bicyclic) bond motifs is 1. The monoisotopic (exact) mass is 480 g/mol. The Kier molecular flexibility index (Phi) is 7.09. The van der Waals surface area contributed by atoms with E-state index in [2.05, 4.69) is 16.5 Å². The van der Waals surface area contributed by atoms with E-state index in [9.17, 15) is 0 Å². The van der Waals surface area contributed by atoms with Gasteiger partial charge in [-0.25, -0.2) is 9.97 Å². The van der Waals surface area contributed by atoms with Gasteiger partial charge in [-0.3, -0.25) is 4.98 Å². The van der Waals surface area contributed by atoms with Crippen LogP contribution in [-0.2, 0) is 6.61 Å². The molecule has 3 heterocycles. The highest BCUT2D eigenvalue weighted by Gasteiger charge is 2.15. The van der Waals surface area contributed by atoms with Gasteiger partial charge in [-0.1, -0.05) is 48.2 Å². The second-order valence-electron chi connectivity index (χ2n) is 6.79. The normalized spacial score (nSPS) is 11.2. The first-order valence-electron chi connectivity index (χ1n) is 9.87. The van der Waals surface area contributed by atoms with Crippen molar-refractivity contribution in [2.45, 2.75) is 29.7 Å². The second-order valence-corrected chi connectivity index (χ2v) is 9.38. The summed E-state index contributed by atoms with van der Waals surface area (Å²) in [5.41, 5.74) is 3.54. The zero-order valence-electron chi connectivity index (χ0n) is 17.7. The fourth-order valence-corrected chi connectivity index (χ4v) is 5.20. The maximum Gasteiger partial charge on any atom is 0.154 e. The lowest BCUT2D eigenvalue weighted by molar-refractivity contribution is 0.306. The summed E-state index contributed by atoms with van der Waals surface area (Å²) >= 11 is 9.59. The van der Waals surface area contributed by atoms with Gasteiger partial charge < -0.3 is 9.64 Å². The van der Waals surface area contributed by atoms with Crippen LogP contribution in [0, 0.1) is 6.92 Å². The molecule has 0 bridgehead atoms. The number of allylic oxidation sites excluding steroid dienone is 1. The summed E-state index contributed by atoms with van der Waals surface area (Å²) in [6.45, 7) is 8.17. The molecule has 0 aliphatic carbocycles. The number of thiazole rings is 1. The Labute approximate surface area is 200 Å². The largest absolute Gasteiger partial charge is 0.487 e. The molecule has 8 heteroatoms. The van der Waals surface area contributed by atoms with E-state index in [1.54, 1.807) is 36.1 Å². The van der Waals surface area contributed by atoms with Crippen molar-refractivity contribution in [3.8, 4) is 5.75 Å². The number of hydrogen-bond acceptors (Lipinski definition) is 7. The molecule has 1 aromatic carbocycles. The van der Waals surface area contributed by atoms with Crippen molar-refractivity contribution in [1.82, 2.24) is 15.0 Å². The molecule has 0 saturated heterocycles. The van der Waals surface area contributed by atoms with Crippen molar-refractivity contribution < 1.29 is 4.74 Å². The molecule has 0 aliphatic rings. The predicted molar refractivity (Wildman–Crippen MR) is 134 cm³/mol. The van der Waals surface area contributed by atoms with Gasteiger partial charge in [0.2, 0.25) is 0 Å². The number of nitrogens with zero attached hydrogens (tertiary/aromatic N) is 4. The van der Waals surface area contributed by atoms with Gasteiger partial charge in [-0.2, -0.15) is 0 Å². The molecule has 4 aromatic rings. The molecule has 0 unspecified atom stereocenters. The third-order valence-electron chi connectivity index (χ3n) is 4.64. The predicted octanol–water partition coefficient (Wildman–Crippen LogP) is 7.26. The number of benzene rings is 1. The first kappa shape index (κ1) is 22.3. The average molecular weight is 481 g/mol. The molecule has 0 amide bonds. The lowest BCUT2D eigenvalue weighted by Crippen LogP contribution is -2.08. The highest BCUT2D eigenvalue weighted by atomic mass is 35.5. The summed E-state index contributed by atoms with van der Waals surface area (Å²) in [4.78, 5) is 16.2. The van der Waals surface area contributed by atoms with Crippen molar-refractivity contribution in [3.05, 3.63) is 89.6 Å². The quantitative estimate of drug-likeness (QED) is 0.264. The number of pyridine rings is 2. The van der Waals surface area contributed by atoms with Crippen molar-refractivity contribution in [3.63, 3.8) is 0 Å². The van der Waals surface area contributed by atoms with Crippen molar-refractivity contribution >= 4 is 51.3 Å². The maximum atomic E-state index is 6.49. The molecule has 162 valence electrons. The van der Waals surface area contributed by atoms with Crippen LogP contribution in [-0.4, -0.2) is 15.0 Å². The molecule has 0 N–H and O–H groups in total. The molecule has 0 aliphatic heterocycles. The number of ether oxygens (including phenoxy) is 1. The number of aromatic nitrogens is 3. The van der Waals surface area contributed by atoms with Gasteiger partial charge in [0, 0.05) is 57.9 Å². The molecule has 0 saturated carbocycles. The molecule has 32 heavy (non-hydrogen) atoms. The van der Waals surface area contributed by atoms with Gasteiger partial charge in [0.15, 0.2) is 4.34 Å². The van der Waals surface area contributed by atoms with Gasteiger partial charge in [-0.15, -0.1) is 11.3 Å². The van der Waals surface area contributed by atoms with Crippen LogP contribution in [0.15, 0.2) is 82.5 Å². The van der Waals surface area contributed by atoms with Gasteiger partial charge >= 0.3 is 0 Å². The lowest BCUT2D eigenvalue weighted by Gasteiger charge is -2.19. The molecule has 0 fully saturated rings. The van der Waals surface area contributed by atoms with Gasteiger partial charge in [0.1, 0.15) is 17.9 Å². The fraction of sp³-hybridized carbons (Fsp3) is 0.125. The molecule has 5 nitrogen and oxygen atoms in total. The second kappa shape index (κ2) is 10.2. The topological polar surface area (TPSA) is 51.1 Å². The lowest BCUT2D eigenvalue weighted by atomic mass is 10.1. The molecule has 0 spiro atoms. The molecule has 3 aromatic heterocycles. The zero-order chi connectivity index (χ0) is 22.5. The smallest absolute Gasteiger partial charge is 0.154 e.